The van der Waals surface area contributed by atoms with E-state index in [1.807, 2.05) is 24.4 Å². The highest BCUT2D eigenvalue weighted by Crippen LogP contribution is 2.26. The van der Waals surface area contributed by atoms with Crippen LogP contribution in [0.15, 0.2) is 24.4 Å². The number of pyridine rings is 1. The van der Waals surface area contributed by atoms with Crippen molar-refractivity contribution in [2.75, 3.05) is 13.6 Å². The van der Waals surface area contributed by atoms with Crippen molar-refractivity contribution >= 4 is 0 Å². The maximum Gasteiger partial charge on any atom is 0.115 e. The van der Waals surface area contributed by atoms with Gasteiger partial charge in [-0.25, -0.2) is 0 Å². The fraction of sp³-hybridized carbons (Fsp3) is 0.333. The lowest BCUT2D eigenvalue weighted by Crippen LogP contribution is -2.26. The molecule has 4 heteroatoms. The molecule has 1 N–H and O–H groups in total. The van der Waals surface area contributed by atoms with Crippen LogP contribution in [0.4, 0.5) is 0 Å². The summed E-state index contributed by atoms with van der Waals surface area (Å²) in [6.07, 6.45) is 2.86. The van der Waals surface area contributed by atoms with Crippen LogP contribution in [-0.4, -0.2) is 33.7 Å². The summed E-state index contributed by atoms with van der Waals surface area (Å²) in [7, 11) is 2.14. The first kappa shape index (κ1) is 9.54. The maximum atomic E-state index is 4.39. The highest BCUT2D eigenvalue weighted by Gasteiger charge is 2.20. The lowest BCUT2D eigenvalue weighted by atomic mass is 10.0. The number of aromatic amines is 1. The molecule has 16 heavy (non-hydrogen) atoms. The second kappa shape index (κ2) is 3.72. The molecule has 2 aromatic heterocycles. The van der Waals surface area contributed by atoms with Crippen molar-refractivity contribution in [3.8, 4) is 11.4 Å². The van der Waals surface area contributed by atoms with E-state index in [4.69, 9.17) is 0 Å². The van der Waals surface area contributed by atoms with Gasteiger partial charge in [-0.15, -0.1) is 0 Å². The molecule has 0 radical (unpaired) electrons. The molecule has 82 valence electrons. The molecule has 0 aliphatic carbocycles. The molecule has 2 aromatic rings. The predicted molar refractivity (Wildman–Crippen MR) is 61.9 cm³/mol. The quantitative estimate of drug-likeness (QED) is 0.781. The van der Waals surface area contributed by atoms with Crippen LogP contribution in [0.25, 0.3) is 11.4 Å². The monoisotopic (exact) mass is 214 g/mol. The van der Waals surface area contributed by atoms with Crippen LogP contribution in [0.1, 0.15) is 11.3 Å². The summed E-state index contributed by atoms with van der Waals surface area (Å²) < 4.78 is 0. The predicted octanol–water partition coefficient (Wildman–Crippen LogP) is 1.46. The smallest absolute Gasteiger partial charge is 0.115 e. The Labute approximate surface area is 94.3 Å². The van der Waals surface area contributed by atoms with Crippen LogP contribution >= 0.6 is 0 Å². The summed E-state index contributed by atoms with van der Waals surface area (Å²) in [6.45, 7) is 2.05. The van der Waals surface area contributed by atoms with Crippen molar-refractivity contribution < 1.29 is 0 Å². The van der Waals surface area contributed by atoms with Gasteiger partial charge in [0.25, 0.3) is 0 Å². The molecule has 4 nitrogen and oxygen atoms in total. The zero-order valence-corrected chi connectivity index (χ0v) is 9.27. The van der Waals surface area contributed by atoms with E-state index in [-0.39, 0.29) is 0 Å². The number of fused-ring (bicyclic) bond motifs is 1. The molecule has 3 heterocycles. The van der Waals surface area contributed by atoms with Crippen LogP contribution in [0, 0.1) is 0 Å². The van der Waals surface area contributed by atoms with E-state index in [0.29, 0.717) is 0 Å². The van der Waals surface area contributed by atoms with E-state index in [2.05, 4.69) is 27.1 Å². The van der Waals surface area contributed by atoms with Crippen LogP contribution in [0.2, 0.25) is 0 Å². The molecular weight excluding hydrogens is 200 g/mol. The summed E-state index contributed by atoms with van der Waals surface area (Å²) in [6, 6.07) is 5.93. The minimum absolute atomic E-state index is 0.954. The Morgan fingerprint density at radius 2 is 2.31 bits per heavy atom. The third kappa shape index (κ3) is 1.51. The second-order valence-corrected chi connectivity index (χ2v) is 4.23. The van der Waals surface area contributed by atoms with Crippen molar-refractivity contribution in [3.63, 3.8) is 0 Å². The molecule has 0 bridgehead atoms. The van der Waals surface area contributed by atoms with Gasteiger partial charge in [0.15, 0.2) is 0 Å². The number of nitrogens with zero attached hydrogens (tertiary/aromatic N) is 3. The Hall–Kier alpha value is -1.68. The first-order chi connectivity index (χ1) is 7.84. The normalized spacial score (nSPS) is 16.1. The van der Waals surface area contributed by atoms with Crippen LogP contribution in [0.5, 0.6) is 0 Å². The molecule has 1 aliphatic heterocycles. The summed E-state index contributed by atoms with van der Waals surface area (Å²) in [5.74, 6) is 0. The van der Waals surface area contributed by atoms with Gasteiger partial charge in [-0.3, -0.25) is 10.1 Å². The topological polar surface area (TPSA) is 44.8 Å². The van der Waals surface area contributed by atoms with Crippen molar-refractivity contribution in [2.24, 2.45) is 0 Å². The van der Waals surface area contributed by atoms with E-state index in [9.17, 15) is 0 Å². The summed E-state index contributed by atoms with van der Waals surface area (Å²) in [4.78, 5) is 6.66. The summed E-state index contributed by atoms with van der Waals surface area (Å²) >= 11 is 0. The van der Waals surface area contributed by atoms with Crippen LogP contribution in [-0.2, 0) is 13.0 Å². The third-order valence-electron chi connectivity index (χ3n) is 3.03. The van der Waals surface area contributed by atoms with Gasteiger partial charge >= 0.3 is 0 Å². The van der Waals surface area contributed by atoms with E-state index in [0.717, 1.165) is 30.9 Å². The van der Waals surface area contributed by atoms with Crippen molar-refractivity contribution in [2.45, 2.75) is 13.0 Å². The molecule has 0 unspecified atom stereocenters. The first-order valence-corrected chi connectivity index (χ1v) is 5.50. The molecule has 0 spiro atoms. The zero-order valence-electron chi connectivity index (χ0n) is 9.27. The minimum Gasteiger partial charge on any atom is -0.302 e. The van der Waals surface area contributed by atoms with Crippen LogP contribution in [0.3, 0.4) is 0 Å². The van der Waals surface area contributed by atoms with Gasteiger partial charge < -0.3 is 4.90 Å². The second-order valence-electron chi connectivity index (χ2n) is 4.23. The average molecular weight is 214 g/mol. The molecule has 0 fully saturated rings. The van der Waals surface area contributed by atoms with Crippen molar-refractivity contribution in [3.05, 3.63) is 35.7 Å². The van der Waals surface area contributed by atoms with Gasteiger partial charge in [0.2, 0.25) is 0 Å². The van der Waals surface area contributed by atoms with Crippen LogP contribution < -0.4 is 0 Å². The van der Waals surface area contributed by atoms with Gasteiger partial charge in [0, 0.05) is 37.0 Å². The van der Waals surface area contributed by atoms with E-state index in [1.165, 1.54) is 11.3 Å². The number of hydrogen-bond donors (Lipinski definition) is 1. The Morgan fingerprint density at radius 1 is 1.38 bits per heavy atom. The number of aromatic nitrogens is 3. The minimum atomic E-state index is 0.954. The largest absolute Gasteiger partial charge is 0.302 e. The maximum absolute atomic E-state index is 4.39. The van der Waals surface area contributed by atoms with Gasteiger partial charge in [-0.1, -0.05) is 6.07 Å². The molecule has 0 amide bonds. The molecule has 3 rings (SSSR count). The number of hydrogen-bond acceptors (Lipinski definition) is 3. The van der Waals surface area contributed by atoms with Gasteiger partial charge in [0.1, 0.15) is 5.69 Å². The van der Waals surface area contributed by atoms with Gasteiger partial charge in [-0.05, 0) is 19.2 Å². The Balaban J connectivity index is 2.07. The summed E-state index contributed by atoms with van der Waals surface area (Å²) in [5, 5.41) is 7.52. The zero-order chi connectivity index (χ0) is 11.0. The first-order valence-electron chi connectivity index (χ1n) is 5.50. The molecular formula is C12H14N4. The molecule has 0 atom stereocenters. The van der Waals surface area contributed by atoms with Crippen molar-refractivity contribution in [1.82, 2.24) is 20.1 Å². The Morgan fingerprint density at radius 3 is 3.12 bits per heavy atom. The average Bonchev–Trinajstić information content (AvgIpc) is 2.73. The van der Waals surface area contributed by atoms with E-state index < -0.39 is 0 Å². The molecule has 1 aliphatic rings. The number of nitrogens with one attached hydrogen (secondary N) is 1. The lowest BCUT2D eigenvalue weighted by Gasteiger charge is -2.22. The molecule has 0 saturated heterocycles. The Kier molecular flexibility index (Phi) is 2.22. The fourth-order valence-corrected chi connectivity index (χ4v) is 2.14. The molecule has 0 saturated carbocycles. The van der Waals surface area contributed by atoms with Gasteiger partial charge in [0.05, 0.1) is 5.69 Å². The highest BCUT2D eigenvalue weighted by molar-refractivity contribution is 5.60. The highest BCUT2D eigenvalue weighted by atomic mass is 15.2. The number of rotatable bonds is 1. The third-order valence-corrected chi connectivity index (χ3v) is 3.03. The van der Waals surface area contributed by atoms with Gasteiger partial charge in [-0.2, -0.15) is 5.10 Å². The number of likely N-dealkylation sites (N-methyl/N-ethyl adjacent to an activating group) is 1. The standard InChI is InChI=1S/C12H14N4/c1-16-7-5-10-9(8-16)12(15-14-10)11-4-2-3-6-13-11/h2-4,6H,5,7-8H2,1H3,(H,14,15). The number of H-pyrrole nitrogens is 1. The fourth-order valence-electron chi connectivity index (χ4n) is 2.14. The van der Waals surface area contributed by atoms with Crippen molar-refractivity contribution in [1.29, 1.82) is 0 Å². The summed E-state index contributed by atoms with van der Waals surface area (Å²) in [5.41, 5.74) is 4.52. The lowest BCUT2D eigenvalue weighted by molar-refractivity contribution is 0.312. The molecule has 0 aromatic carbocycles. The van der Waals surface area contributed by atoms with E-state index in [1.54, 1.807) is 0 Å². The SMILES string of the molecule is CN1CCc2[nH]nc(-c3ccccn3)c2C1. The van der Waals surface area contributed by atoms with E-state index >= 15 is 0 Å². The Bertz CT molecular complexity index is 489.